The lowest BCUT2D eigenvalue weighted by atomic mass is 10.0. The molecule has 1 aromatic heterocycles. The summed E-state index contributed by atoms with van der Waals surface area (Å²) < 4.78 is 0. The van der Waals surface area contributed by atoms with E-state index in [1.165, 1.54) is 0 Å². The highest BCUT2D eigenvalue weighted by atomic mass is 35.5. The topological polar surface area (TPSA) is 50.9 Å². The van der Waals surface area contributed by atoms with Crippen molar-refractivity contribution in [3.8, 4) is 11.1 Å². The zero-order chi connectivity index (χ0) is 13.2. The van der Waals surface area contributed by atoms with Crippen molar-refractivity contribution in [2.75, 3.05) is 5.43 Å². The molecule has 20 heavy (non-hydrogen) atoms. The van der Waals surface area contributed by atoms with E-state index in [0.717, 1.165) is 22.0 Å². The van der Waals surface area contributed by atoms with Crippen molar-refractivity contribution in [1.29, 1.82) is 0 Å². The Morgan fingerprint density at radius 2 is 1.75 bits per heavy atom. The quantitative estimate of drug-likeness (QED) is 0.549. The van der Waals surface area contributed by atoms with Gasteiger partial charge in [0.05, 0.1) is 5.52 Å². The van der Waals surface area contributed by atoms with Crippen LogP contribution in [-0.4, -0.2) is 4.98 Å². The molecule has 5 heteroatoms. The minimum atomic E-state index is 0. The minimum Gasteiger partial charge on any atom is -0.308 e. The molecule has 0 radical (unpaired) electrons. The van der Waals surface area contributed by atoms with Crippen LogP contribution in [0.2, 0.25) is 5.02 Å². The average molecular weight is 306 g/mol. The summed E-state index contributed by atoms with van der Waals surface area (Å²) in [5, 5.41) is 1.69. The summed E-state index contributed by atoms with van der Waals surface area (Å²) in [6, 6.07) is 17.7. The molecule has 0 amide bonds. The third-order valence-electron chi connectivity index (χ3n) is 3.00. The maximum atomic E-state index is 5.98. The Hall–Kier alpha value is -1.81. The van der Waals surface area contributed by atoms with Crippen LogP contribution in [0.5, 0.6) is 0 Å². The maximum Gasteiger partial charge on any atom is 0.148 e. The molecule has 0 atom stereocenters. The van der Waals surface area contributed by atoms with E-state index in [2.05, 4.69) is 16.5 Å². The largest absolute Gasteiger partial charge is 0.308 e. The number of aromatic nitrogens is 1. The number of hydrazine groups is 1. The molecule has 0 spiro atoms. The number of pyridine rings is 1. The van der Waals surface area contributed by atoms with E-state index in [1.807, 2.05) is 48.5 Å². The van der Waals surface area contributed by atoms with Gasteiger partial charge in [-0.05, 0) is 23.8 Å². The fraction of sp³-hybridized carbons (Fsp3) is 0. The molecule has 3 rings (SSSR count). The van der Waals surface area contributed by atoms with E-state index in [1.54, 1.807) is 0 Å². The molecule has 3 N–H and O–H groups in total. The van der Waals surface area contributed by atoms with Gasteiger partial charge < -0.3 is 5.43 Å². The number of benzene rings is 2. The summed E-state index contributed by atoms with van der Waals surface area (Å²) in [7, 11) is 0. The normalized spacial score (nSPS) is 10.1. The summed E-state index contributed by atoms with van der Waals surface area (Å²) in [6.07, 6.45) is 0. The van der Waals surface area contributed by atoms with Crippen LogP contribution in [0.3, 0.4) is 0 Å². The van der Waals surface area contributed by atoms with E-state index in [-0.39, 0.29) is 12.4 Å². The van der Waals surface area contributed by atoms with Crippen molar-refractivity contribution >= 4 is 40.7 Å². The van der Waals surface area contributed by atoms with Gasteiger partial charge in [-0.15, -0.1) is 12.4 Å². The fourth-order valence-corrected chi connectivity index (χ4v) is 2.25. The number of nitrogens with one attached hydrogen (secondary N) is 1. The van der Waals surface area contributed by atoms with E-state index >= 15 is 0 Å². The number of rotatable bonds is 2. The monoisotopic (exact) mass is 305 g/mol. The molecule has 1 heterocycles. The Balaban J connectivity index is 0.00000147. The molecule has 0 bridgehead atoms. The Kier molecular flexibility index (Phi) is 4.45. The van der Waals surface area contributed by atoms with Gasteiger partial charge in [0.25, 0.3) is 0 Å². The smallest absolute Gasteiger partial charge is 0.148 e. The van der Waals surface area contributed by atoms with Gasteiger partial charge in [0.1, 0.15) is 5.82 Å². The number of nitrogen functional groups attached to an aromatic ring is 1. The first-order chi connectivity index (χ1) is 9.28. The number of anilines is 1. The van der Waals surface area contributed by atoms with E-state index in [4.69, 9.17) is 17.4 Å². The standard InChI is InChI=1S/C15H12ClN3.ClH/c16-12-7-6-11-8-13(10-4-2-1-3-5-10)15(19-17)18-14(11)9-12;/h1-9H,17H2,(H,18,19);1H. The average Bonchev–Trinajstić information content (AvgIpc) is 2.46. The number of hydrogen-bond donors (Lipinski definition) is 2. The van der Waals surface area contributed by atoms with E-state index in [9.17, 15) is 0 Å². The van der Waals surface area contributed by atoms with Gasteiger partial charge >= 0.3 is 0 Å². The van der Waals surface area contributed by atoms with Crippen molar-refractivity contribution in [3.63, 3.8) is 0 Å². The number of nitrogens with zero attached hydrogens (tertiary/aromatic N) is 1. The van der Waals surface area contributed by atoms with Gasteiger partial charge in [0.15, 0.2) is 0 Å². The zero-order valence-electron chi connectivity index (χ0n) is 10.5. The first-order valence-electron chi connectivity index (χ1n) is 5.90. The molecule has 0 saturated heterocycles. The number of halogens is 2. The summed E-state index contributed by atoms with van der Waals surface area (Å²) in [5.41, 5.74) is 5.51. The van der Waals surface area contributed by atoms with Gasteiger partial charge in [-0.3, -0.25) is 0 Å². The van der Waals surface area contributed by atoms with Crippen molar-refractivity contribution in [1.82, 2.24) is 4.98 Å². The molecule has 0 aliphatic heterocycles. The minimum absolute atomic E-state index is 0. The van der Waals surface area contributed by atoms with Gasteiger partial charge in [0.2, 0.25) is 0 Å². The Bertz CT molecular complexity index is 730. The van der Waals surface area contributed by atoms with Crippen molar-refractivity contribution in [2.24, 2.45) is 5.84 Å². The zero-order valence-corrected chi connectivity index (χ0v) is 12.1. The van der Waals surface area contributed by atoms with Gasteiger partial charge in [-0.1, -0.05) is 48.0 Å². The predicted octanol–water partition coefficient (Wildman–Crippen LogP) is 4.26. The molecule has 102 valence electrons. The fourth-order valence-electron chi connectivity index (χ4n) is 2.09. The Morgan fingerprint density at radius 1 is 1.00 bits per heavy atom. The molecule has 3 aromatic rings. The summed E-state index contributed by atoms with van der Waals surface area (Å²) in [5.74, 6) is 6.21. The first-order valence-corrected chi connectivity index (χ1v) is 6.28. The molecule has 0 aliphatic carbocycles. The van der Waals surface area contributed by atoms with Crippen LogP contribution >= 0.6 is 24.0 Å². The summed E-state index contributed by atoms with van der Waals surface area (Å²) in [6.45, 7) is 0. The van der Waals surface area contributed by atoms with Crippen LogP contribution < -0.4 is 11.3 Å². The van der Waals surface area contributed by atoms with Crippen LogP contribution in [-0.2, 0) is 0 Å². The van der Waals surface area contributed by atoms with Crippen LogP contribution in [0.4, 0.5) is 5.82 Å². The molecular formula is C15H13Cl2N3. The number of hydrogen-bond acceptors (Lipinski definition) is 3. The second-order valence-electron chi connectivity index (χ2n) is 4.23. The summed E-state index contributed by atoms with van der Waals surface area (Å²) in [4.78, 5) is 4.51. The third-order valence-corrected chi connectivity index (χ3v) is 3.24. The van der Waals surface area contributed by atoms with E-state index < -0.39 is 0 Å². The lowest BCUT2D eigenvalue weighted by molar-refractivity contribution is 1.26. The van der Waals surface area contributed by atoms with Crippen molar-refractivity contribution in [2.45, 2.75) is 0 Å². The Labute approximate surface area is 128 Å². The van der Waals surface area contributed by atoms with Gasteiger partial charge in [0, 0.05) is 16.0 Å². The third kappa shape index (κ3) is 2.70. The highest BCUT2D eigenvalue weighted by Crippen LogP contribution is 2.30. The highest BCUT2D eigenvalue weighted by molar-refractivity contribution is 6.31. The van der Waals surface area contributed by atoms with Crippen LogP contribution in [0.1, 0.15) is 0 Å². The van der Waals surface area contributed by atoms with Crippen molar-refractivity contribution < 1.29 is 0 Å². The maximum absolute atomic E-state index is 5.98. The van der Waals surface area contributed by atoms with Crippen molar-refractivity contribution in [3.05, 3.63) is 59.6 Å². The summed E-state index contributed by atoms with van der Waals surface area (Å²) >= 11 is 5.98. The van der Waals surface area contributed by atoms with Crippen LogP contribution in [0.15, 0.2) is 54.6 Å². The second-order valence-corrected chi connectivity index (χ2v) is 4.67. The van der Waals surface area contributed by atoms with Gasteiger partial charge in [-0.2, -0.15) is 0 Å². The molecule has 0 saturated carbocycles. The molecular weight excluding hydrogens is 293 g/mol. The highest BCUT2D eigenvalue weighted by Gasteiger charge is 2.08. The molecule has 3 nitrogen and oxygen atoms in total. The lowest BCUT2D eigenvalue weighted by Gasteiger charge is -2.10. The Morgan fingerprint density at radius 3 is 2.45 bits per heavy atom. The van der Waals surface area contributed by atoms with Crippen LogP contribution in [0.25, 0.3) is 22.0 Å². The van der Waals surface area contributed by atoms with E-state index in [0.29, 0.717) is 10.8 Å². The molecule has 0 aliphatic rings. The number of fused-ring (bicyclic) bond motifs is 1. The first kappa shape index (κ1) is 14.6. The lowest BCUT2D eigenvalue weighted by Crippen LogP contribution is -2.10. The number of nitrogens with two attached hydrogens (primary N) is 1. The van der Waals surface area contributed by atoms with Crippen LogP contribution in [0, 0.1) is 0 Å². The SMILES string of the molecule is Cl.NNc1nc2cc(Cl)ccc2cc1-c1ccccc1. The molecule has 0 unspecified atom stereocenters. The second kappa shape index (κ2) is 6.09. The molecule has 0 fully saturated rings. The predicted molar refractivity (Wildman–Crippen MR) is 87.2 cm³/mol. The molecule has 2 aromatic carbocycles. The van der Waals surface area contributed by atoms with Gasteiger partial charge in [-0.25, -0.2) is 10.8 Å².